The molecule has 3 aliphatic carbocycles. The van der Waals surface area contributed by atoms with E-state index in [4.69, 9.17) is 6.42 Å². The molecule has 2 heteroatoms. The molecule has 0 heterocycles. The van der Waals surface area contributed by atoms with Crippen LogP contribution in [-0.2, 0) is 4.79 Å². The number of hydrogen-bond acceptors (Lipinski definition) is 2. The lowest BCUT2D eigenvalue weighted by Gasteiger charge is -2.55. The number of carbonyl (C=O) groups excluding carboxylic acids is 1. The molecule has 0 bridgehead atoms. The van der Waals surface area contributed by atoms with Gasteiger partial charge in [0.25, 0.3) is 0 Å². The first-order valence-electron chi connectivity index (χ1n) is 8.27. The second kappa shape index (κ2) is 4.99. The van der Waals surface area contributed by atoms with Crippen molar-refractivity contribution < 1.29 is 9.90 Å². The minimum atomic E-state index is -0.629. The molecule has 2 fully saturated rings. The molecule has 0 aromatic carbocycles. The molecular formula is C19H26O2. The van der Waals surface area contributed by atoms with Crippen molar-refractivity contribution in [1.82, 2.24) is 0 Å². The highest BCUT2D eigenvalue weighted by Gasteiger charge is 2.51. The van der Waals surface area contributed by atoms with Gasteiger partial charge in [0.2, 0.25) is 0 Å². The number of hydrogen-bond donors (Lipinski definition) is 1. The van der Waals surface area contributed by atoms with Gasteiger partial charge in [0.1, 0.15) is 6.10 Å². The van der Waals surface area contributed by atoms with E-state index in [1.807, 2.05) is 6.08 Å². The van der Waals surface area contributed by atoms with Crippen LogP contribution in [0.1, 0.15) is 58.8 Å². The number of allylic oxidation sites excluding steroid dienone is 2. The normalized spacial score (nSPS) is 44.1. The Bertz CT molecular complexity index is 526. The molecule has 0 amide bonds. The van der Waals surface area contributed by atoms with Gasteiger partial charge in [0.15, 0.2) is 5.78 Å². The van der Waals surface area contributed by atoms with Crippen molar-refractivity contribution in [3.63, 3.8) is 0 Å². The molecule has 0 radical (unpaired) electrons. The van der Waals surface area contributed by atoms with Crippen LogP contribution < -0.4 is 0 Å². The molecule has 0 saturated heterocycles. The van der Waals surface area contributed by atoms with Crippen molar-refractivity contribution in [3.8, 4) is 12.3 Å². The van der Waals surface area contributed by atoms with Crippen LogP contribution in [0.5, 0.6) is 0 Å². The molecule has 0 aromatic heterocycles. The number of terminal acetylenes is 1. The van der Waals surface area contributed by atoms with Crippen molar-refractivity contribution in [2.45, 2.75) is 64.9 Å². The van der Waals surface area contributed by atoms with Crippen molar-refractivity contribution in [2.75, 3.05) is 0 Å². The Morgan fingerprint density at radius 3 is 2.81 bits per heavy atom. The maximum Gasteiger partial charge on any atom is 0.155 e. The van der Waals surface area contributed by atoms with Gasteiger partial charge in [0.05, 0.1) is 0 Å². The fourth-order valence-electron chi connectivity index (χ4n) is 5.25. The summed E-state index contributed by atoms with van der Waals surface area (Å²) < 4.78 is 0. The smallest absolute Gasteiger partial charge is 0.155 e. The first-order valence-corrected chi connectivity index (χ1v) is 8.27. The zero-order valence-corrected chi connectivity index (χ0v) is 13.2. The molecule has 3 rings (SSSR count). The minimum absolute atomic E-state index is 0.127. The summed E-state index contributed by atoms with van der Waals surface area (Å²) in [7, 11) is 0. The molecule has 0 aromatic rings. The van der Waals surface area contributed by atoms with Gasteiger partial charge in [-0.25, -0.2) is 0 Å². The van der Waals surface area contributed by atoms with Crippen LogP contribution in [0.15, 0.2) is 11.6 Å². The van der Waals surface area contributed by atoms with Crippen LogP contribution in [0.25, 0.3) is 0 Å². The second-order valence-electron chi connectivity index (χ2n) is 7.92. The van der Waals surface area contributed by atoms with Crippen LogP contribution >= 0.6 is 0 Å². The Labute approximate surface area is 128 Å². The highest BCUT2D eigenvalue weighted by molar-refractivity contribution is 5.91. The summed E-state index contributed by atoms with van der Waals surface area (Å²) in [5, 5.41) is 10.2. The van der Waals surface area contributed by atoms with E-state index in [-0.39, 0.29) is 10.8 Å². The molecule has 0 aliphatic heterocycles. The number of aliphatic hydroxyl groups is 1. The fraction of sp³-hybridized carbons (Fsp3) is 0.737. The first kappa shape index (κ1) is 14.9. The van der Waals surface area contributed by atoms with Gasteiger partial charge in [0, 0.05) is 11.8 Å². The molecule has 0 spiro atoms. The van der Waals surface area contributed by atoms with Crippen LogP contribution in [0.2, 0.25) is 0 Å². The van der Waals surface area contributed by atoms with Crippen molar-refractivity contribution in [2.24, 2.45) is 22.7 Å². The molecule has 2 unspecified atom stereocenters. The van der Waals surface area contributed by atoms with Gasteiger partial charge < -0.3 is 5.11 Å². The van der Waals surface area contributed by atoms with E-state index >= 15 is 0 Å². The summed E-state index contributed by atoms with van der Waals surface area (Å²) in [5.41, 5.74) is 1.47. The molecule has 3 aliphatic rings. The molecule has 5 atom stereocenters. The fourth-order valence-corrected chi connectivity index (χ4v) is 5.25. The number of aliphatic hydroxyl groups excluding tert-OH is 1. The van der Waals surface area contributed by atoms with E-state index < -0.39 is 6.10 Å². The third-order valence-corrected chi connectivity index (χ3v) is 6.70. The average molecular weight is 286 g/mol. The molecule has 1 N–H and O–H groups in total. The predicted molar refractivity (Wildman–Crippen MR) is 83.4 cm³/mol. The van der Waals surface area contributed by atoms with Gasteiger partial charge in [-0.05, 0) is 61.9 Å². The molecule has 2 saturated carbocycles. The number of ketones is 1. The summed E-state index contributed by atoms with van der Waals surface area (Å²) in [4.78, 5) is 11.7. The summed E-state index contributed by atoms with van der Waals surface area (Å²) in [5.74, 6) is 4.15. The van der Waals surface area contributed by atoms with Crippen LogP contribution in [-0.4, -0.2) is 17.0 Å². The average Bonchev–Trinajstić information content (AvgIpc) is 2.47. The van der Waals surface area contributed by atoms with Gasteiger partial charge >= 0.3 is 0 Å². The lowest BCUT2D eigenvalue weighted by molar-refractivity contribution is -0.117. The number of fused-ring (bicyclic) bond motifs is 3. The van der Waals surface area contributed by atoms with Gasteiger partial charge in [-0.2, -0.15) is 0 Å². The molecule has 21 heavy (non-hydrogen) atoms. The van der Waals surface area contributed by atoms with E-state index in [0.717, 1.165) is 38.5 Å². The zero-order valence-electron chi connectivity index (χ0n) is 13.2. The lowest BCUT2D eigenvalue weighted by atomic mass is 9.49. The summed E-state index contributed by atoms with van der Waals surface area (Å²) in [6.07, 6.45) is 13.8. The first-order chi connectivity index (χ1) is 9.89. The number of carbonyl (C=O) groups is 1. The maximum absolute atomic E-state index is 11.7. The predicted octanol–water partition coefficient (Wildman–Crippen LogP) is 3.49. The maximum atomic E-state index is 11.7. The Morgan fingerprint density at radius 1 is 1.33 bits per heavy atom. The van der Waals surface area contributed by atoms with Crippen molar-refractivity contribution >= 4 is 5.78 Å². The highest BCUT2D eigenvalue weighted by Crippen LogP contribution is 2.60. The quantitative estimate of drug-likeness (QED) is 0.749. The zero-order chi connectivity index (χ0) is 15.3. The molecule has 2 nitrogen and oxygen atoms in total. The Hall–Kier alpha value is -1.07. The van der Waals surface area contributed by atoms with E-state index in [1.54, 1.807) is 0 Å². The molecule has 114 valence electrons. The van der Waals surface area contributed by atoms with Gasteiger partial charge in [-0.3, -0.25) is 4.79 Å². The Morgan fingerprint density at radius 2 is 2.10 bits per heavy atom. The van der Waals surface area contributed by atoms with Crippen LogP contribution in [0.4, 0.5) is 0 Å². The number of rotatable bonds is 1. The molecular weight excluding hydrogens is 260 g/mol. The summed E-state index contributed by atoms with van der Waals surface area (Å²) >= 11 is 0. The van der Waals surface area contributed by atoms with E-state index in [2.05, 4.69) is 19.8 Å². The topological polar surface area (TPSA) is 37.3 Å². The Kier molecular flexibility index (Phi) is 3.53. The minimum Gasteiger partial charge on any atom is -0.380 e. The summed E-state index contributed by atoms with van der Waals surface area (Å²) in [6.45, 7) is 4.51. The van der Waals surface area contributed by atoms with Crippen LogP contribution in [0, 0.1) is 35.0 Å². The van der Waals surface area contributed by atoms with E-state index in [1.165, 1.54) is 5.57 Å². The van der Waals surface area contributed by atoms with Gasteiger partial charge in [-0.15, -0.1) is 6.42 Å². The SMILES string of the molecule is C#C[C@H](O)[C@@]1(C)CCC2C(CCC3=CC(=O)CC[C@@]32C)C1. The third-order valence-electron chi connectivity index (χ3n) is 6.70. The standard InChI is InChI=1S/C19H26O2/c1-4-17(21)18(2)9-8-16-13(12-18)5-6-14-11-15(20)7-10-19(14,16)3/h1,11,13,16-17,21H,5-10,12H2,2-3H3/t13?,16?,17-,18-,19-/m0/s1. The largest absolute Gasteiger partial charge is 0.380 e. The third kappa shape index (κ3) is 2.27. The van der Waals surface area contributed by atoms with Crippen LogP contribution in [0.3, 0.4) is 0 Å². The monoisotopic (exact) mass is 286 g/mol. The van der Waals surface area contributed by atoms with E-state index in [9.17, 15) is 9.90 Å². The Balaban J connectivity index is 1.85. The van der Waals surface area contributed by atoms with Crippen molar-refractivity contribution in [3.05, 3.63) is 11.6 Å². The van der Waals surface area contributed by atoms with Gasteiger partial charge in [-0.1, -0.05) is 25.3 Å². The lowest BCUT2D eigenvalue weighted by Crippen LogP contribution is -2.48. The van der Waals surface area contributed by atoms with E-state index in [0.29, 0.717) is 24.0 Å². The highest BCUT2D eigenvalue weighted by atomic mass is 16.3. The summed E-state index contributed by atoms with van der Waals surface area (Å²) in [6, 6.07) is 0. The van der Waals surface area contributed by atoms with Crippen molar-refractivity contribution in [1.29, 1.82) is 0 Å². The second-order valence-corrected chi connectivity index (χ2v) is 7.92.